The second-order valence-electron chi connectivity index (χ2n) is 4.88. The highest BCUT2D eigenvalue weighted by Crippen LogP contribution is 2.50. The molecule has 0 aromatic rings. The lowest BCUT2D eigenvalue weighted by Gasteiger charge is -2.36. The maximum absolute atomic E-state index is 12.2. The van der Waals surface area contributed by atoms with Crippen molar-refractivity contribution in [2.24, 2.45) is 17.6 Å². The van der Waals surface area contributed by atoms with Gasteiger partial charge in [-0.25, -0.2) is 0 Å². The molecule has 3 atom stereocenters. The van der Waals surface area contributed by atoms with Crippen molar-refractivity contribution in [2.75, 3.05) is 6.54 Å². The van der Waals surface area contributed by atoms with Crippen molar-refractivity contribution < 1.29 is 18.0 Å². The number of fused-ring (bicyclic) bond motifs is 2. The quantitative estimate of drug-likeness (QED) is 0.773. The van der Waals surface area contributed by atoms with E-state index >= 15 is 0 Å². The summed E-state index contributed by atoms with van der Waals surface area (Å²) in [4.78, 5) is 11.4. The first-order chi connectivity index (χ1) is 7.33. The molecule has 1 amide bonds. The second kappa shape index (κ2) is 3.61. The predicted molar refractivity (Wildman–Crippen MR) is 51.4 cm³/mol. The summed E-state index contributed by atoms with van der Waals surface area (Å²) in [5, 5.41) is 2.37. The van der Waals surface area contributed by atoms with Gasteiger partial charge in [0.25, 0.3) is 0 Å². The number of hydrogen-bond donors (Lipinski definition) is 2. The monoisotopic (exact) mass is 236 g/mol. The van der Waals surface area contributed by atoms with Gasteiger partial charge in [-0.2, -0.15) is 13.2 Å². The predicted octanol–water partition coefficient (Wildman–Crippen LogP) is 1.18. The van der Waals surface area contributed by atoms with Crippen LogP contribution in [0.25, 0.3) is 0 Å². The molecule has 3 nitrogen and oxygen atoms in total. The first-order valence-electron chi connectivity index (χ1n) is 5.45. The lowest BCUT2D eigenvalue weighted by atomic mass is 9.80. The molecular weight excluding hydrogens is 221 g/mol. The summed E-state index contributed by atoms with van der Waals surface area (Å²) >= 11 is 0. The number of nitrogens with one attached hydrogen (secondary N) is 1. The maximum Gasteiger partial charge on any atom is 0.401 e. The van der Waals surface area contributed by atoms with Gasteiger partial charge in [-0.1, -0.05) is 6.42 Å². The number of alkyl halides is 3. The molecule has 0 saturated heterocycles. The van der Waals surface area contributed by atoms with Gasteiger partial charge in [0.05, 0.1) is 6.54 Å². The van der Waals surface area contributed by atoms with Gasteiger partial charge in [0.1, 0.15) is 5.54 Å². The van der Waals surface area contributed by atoms with Crippen LogP contribution in [0.2, 0.25) is 0 Å². The zero-order valence-electron chi connectivity index (χ0n) is 8.81. The van der Waals surface area contributed by atoms with Gasteiger partial charge in [-0.15, -0.1) is 0 Å². The van der Waals surface area contributed by atoms with Gasteiger partial charge in [0.15, 0.2) is 0 Å². The fraction of sp³-hybridized carbons (Fsp3) is 0.900. The molecule has 0 aromatic carbocycles. The third-order valence-electron chi connectivity index (χ3n) is 3.89. The van der Waals surface area contributed by atoms with Gasteiger partial charge < -0.3 is 5.73 Å². The molecule has 0 aliphatic heterocycles. The van der Waals surface area contributed by atoms with E-state index in [1.54, 1.807) is 0 Å². The summed E-state index contributed by atoms with van der Waals surface area (Å²) in [5.41, 5.74) is 4.17. The Bertz CT molecular complexity index is 305. The Morgan fingerprint density at radius 2 is 2.12 bits per heavy atom. The Hall–Kier alpha value is -0.780. The topological polar surface area (TPSA) is 55.1 Å². The van der Waals surface area contributed by atoms with E-state index in [4.69, 9.17) is 5.73 Å². The Kier molecular flexibility index (Phi) is 2.64. The zero-order chi connectivity index (χ0) is 12.0. The lowest BCUT2D eigenvalue weighted by molar-refractivity contribution is -0.138. The lowest BCUT2D eigenvalue weighted by Crippen LogP contribution is -2.60. The van der Waals surface area contributed by atoms with Crippen molar-refractivity contribution in [1.29, 1.82) is 0 Å². The van der Waals surface area contributed by atoms with Crippen LogP contribution in [0.4, 0.5) is 13.2 Å². The second-order valence-corrected chi connectivity index (χ2v) is 4.88. The number of hydrogen-bond acceptors (Lipinski definition) is 2. The minimum Gasteiger partial charge on any atom is -0.368 e. The molecule has 2 saturated carbocycles. The molecule has 2 fully saturated rings. The van der Waals surface area contributed by atoms with Crippen molar-refractivity contribution in [1.82, 2.24) is 5.32 Å². The zero-order valence-corrected chi connectivity index (χ0v) is 8.81. The third-order valence-corrected chi connectivity index (χ3v) is 3.89. The molecule has 3 unspecified atom stereocenters. The fourth-order valence-corrected chi connectivity index (χ4v) is 3.19. The van der Waals surface area contributed by atoms with Crippen LogP contribution in [-0.4, -0.2) is 24.2 Å². The maximum atomic E-state index is 12.2. The van der Waals surface area contributed by atoms with E-state index in [0.29, 0.717) is 12.3 Å². The van der Waals surface area contributed by atoms with Crippen molar-refractivity contribution in [3.05, 3.63) is 0 Å². The van der Waals surface area contributed by atoms with Crippen molar-refractivity contribution >= 4 is 5.91 Å². The molecule has 2 rings (SSSR count). The number of carbonyl (C=O) groups excluding carboxylic acids is 1. The molecule has 6 heteroatoms. The van der Waals surface area contributed by atoms with E-state index in [2.05, 4.69) is 5.32 Å². The van der Waals surface area contributed by atoms with Crippen LogP contribution in [0, 0.1) is 11.8 Å². The van der Waals surface area contributed by atoms with Crippen molar-refractivity contribution in [3.8, 4) is 0 Å². The highest BCUT2D eigenvalue weighted by atomic mass is 19.4. The van der Waals surface area contributed by atoms with Crippen molar-refractivity contribution in [3.63, 3.8) is 0 Å². The van der Waals surface area contributed by atoms with Gasteiger partial charge in [-0.05, 0) is 31.1 Å². The molecule has 0 heterocycles. The van der Waals surface area contributed by atoms with E-state index in [0.717, 1.165) is 19.3 Å². The highest BCUT2D eigenvalue weighted by molar-refractivity contribution is 5.85. The summed E-state index contributed by atoms with van der Waals surface area (Å²) in [6.07, 6.45) is -1.20. The van der Waals surface area contributed by atoms with E-state index in [1.165, 1.54) is 0 Å². The van der Waals surface area contributed by atoms with Crippen LogP contribution < -0.4 is 11.1 Å². The number of nitrogens with two attached hydrogens (primary N) is 1. The van der Waals surface area contributed by atoms with Crippen LogP contribution in [0.5, 0.6) is 0 Å². The minimum atomic E-state index is -4.30. The molecule has 92 valence electrons. The molecule has 0 aromatic heterocycles. The summed E-state index contributed by atoms with van der Waals surface area (Å²) in [6, 6.07) is 0. The SMILES string of the molecule is NC(=O)C1(NCC(F)(F)F)CC2CCC1C2. The molecule has 0 spiro atoms. The molecular formula is C10H15F3N2O. The summed E-state index contributed by atoms with van der Waals surface area (Å²) in [7, 11) is 0. The van der Waals surface area contributed by atoms with Crippen LogP contribution in [-0.2, 0) is 4.79 Å². The van der Waals surface area contributed by atoms with Crippen LogP contribution in [0.15, 0.2) is 0 Å². The van der Waals surface area contributed by atoms with Gasteiger partial charge in [-0.3, -0.25) is 10.1 Å². The number of amides is 1. The average molecular weight is 236 g/mol. The van der Waals surface area contributed by atoms with Gasteiger partial charge in [0.2, 0.25) is 5.91 Å². The molecule has 16 heavy (non-hydrogen) atoms. The standard InChI is InChI=1S/C10H15F3N2O/c11-10(12,13)5-15-9(8(14)16)4-6-1-2-7(9)3-6/h6-7,15H,1-5H2,(H2,14,16). The first-order valence-corrected chi connectivity index (χ1v) is 5.45. The normalized spacial score (nSPS) is 37.9. The van der Waals surface area contributed by atoms with Crippen LogP contribution in [0.1, 0.15) is 25.7 Å². The summed E-state index contributed by atoms with van der Waals surface area (Å²) in [6.45, 7) is -1.14. The molecule has 2 bridgehead atoms. The molecule has 0 radical (unpaired) electrons. The smallest absolute Gasteiger partial charge is 0.368 e. The first kappa shape index (κ1) is 11.7. The fourth-order valence-electron chi connectivity index (χ4n) is 3.19. The molecule has 2 aliphatic rings. The van der Waals surface area contributed by atoms with E-state index in [9.17, 15) is 18.0 Å². The Labute approximate surface area is 91.6 Å². The van der Waals surface area contributed by atoms with E-state index in [1.807, 2.05) is 0 Å². The van der Waals surface area contributed by atoms with E-state index in [-0.39, 0.29) is 5.92 Å². The number of rotatable bonds is 3. The number of primary amides is 1. The average Bonchev–Trinajstić information content (AvgIpc) is 2.72. The Morgan fingerprint density at radius 3 is 2.50 bits per heavy atom. The van der Waals surface area contributed by atoms with Crippen molar-refractivity contribution in [2.45, 2.75) is 37.4 Å². The van der Waals surface area contributed by atoms with Crippen LogP contribution in [0.3, 0.4) is 0 Å². The number of carbonyl (C=O) groups is 1. The van der Waals surface area contributed by atoms with Crippen LogP contribution >= 0.6 is 0 Å². The Balaban J connectivity index is 2.09. The third kappa shape index (κ3) is 1.90. The van der Waals surface area contributed by atoms with Gasteiger partial charge in [0, 0.05) is 0 Å². The van der Waals surface area contributed by atoms with E-state index < -0.39 is 24.2 Å². The largest absolute Gasteiger partial charge is 0.401 e. The highest BCUT2D eigenvalue weighted by Gasteiger charge is 2.55. The Morgan fingerprint density at radius 1 is 1.44 bits per heavy atom. The molecule has 3 N–H and O–H groups in total. The summed E-state index contributed by atoms with van der Waals surface area (Å²) < 4.78 is 36.5. The molecule has 2 aliphatic carbocycles. The minimum absolute atomic E-state index is 0.0163. The summed E-state index contributed by atoms with van der Waals surface area (Å²) in [5.74, 6) is -0.292. The van der Waals surface area contributed by atoms with Gasteiger partial charge >= 0.3 is 6.18 Å². The number of halogens is 3.